The monoisotopic (exact) mass is 226 g/mol. The van der Waals surface area contributed by atoms with E-state index in [0.717, 1.165) is 6.42 Å². The highest BCUT2D eigenvalue weighted by molar-refractivity contribution is 7.99. The minimum atomic E-state index is 0.373. The van der Waals surface area contributed by atoms with Gasteiger partial charge in [0.05, 0.1) is 12.5 Å². The van der Waals surface area contributed by atoms with Gasteiger partial charge in [-0.3, -0.25) is 0 Å². The molecule has 2 atom stereocenters. The normalized spacial score (nSPS) is 26.9. The highest BCUT2D eigenvalue weighted by Crippen LogP contribution is 2.34. The quantitative estimate of drug-likeness (QED) is 0.800. The van der Waals surface area contributed by atoms with Gasteiger partial charge in [-0.25, -0.2) is 0 Å². The molecule has 0 bridgehead atoms. The van der Waals surface area contributed by atoms with Crippen LogP contribution >= 0.6 is 11.8 Å². The van der Waals surface area contributed by atoms with Crippen LogP contribution in [0.25, 0.3) is 0 Å². The number of hydrogen-bond acceptors (Lipinski definition) is 3. The van der Waals surface area contributed by atoms with Gasteiger partial charge >= 0.3 is 0 Å². The molecule has 1 fully saturated rings. The lowest BCUT2D eigenvalue weighted by Crippen LogP contribution is -2.50. The zero-order chi connectivity index (χ0) is 11.3. The van der Waals surface area contributed by atoms with Crippen molar-refractivity contribution in [3.05, 3.63) is 0 Å². The van der Waals surface area contributed by atoms with Crippen LogP contribution in [0.1, 0.15) is 40.0 Å². The Morgan fingerprint density at radius 2 is 2.33 bits per heavy atom. The third-order valence-corrected chi connectivity index (χ3v) is 4.45. The van der Waals surface area contributed by atoms with Crippen LogP contribution in [-0.2, 0) is 0 Å². The topological polar surface area (TPSA) is 35.8 Å². The summed E-state index contributed by atoms with van der Waals surface area (Å²) in [6, 6.07) is 3.20. The van der Waals surface area contributed by atoms with Crippen LogP contribution in [0.15, 0.2) is 0 Å². The van der Waals surface area contributed by atoms with E-state index in [9.17, 15) is 0 Å². The third-order valence-electron chi connectivity index (χ3n) is 3.39. The molecule has 3 heteroatoms. The predicted molar refractivity (Wildman–Crippen MR) is 67.0 cm³/mol. The van der Waals surface area contributed by atoms with Crippen molar-refractivity contribution in [3.63, 3.8) is 0 Å². The number of nitriles is 1. The molecule has 0 aromatic rings. The summed E-state index contributed by atoms with van der Waals surface area (Å²) >= 11 is 2.03. The van der Waals surface area contributed by atoms with Crippen molar-refractivity contribution in [2.75, 3.05) is 11.5 Å². The third kappa shape index (κ3) is 3.70. The van der Waals surface area contributed by atoms with E-state index < -0.39 is 0 Å². The summed E-state index contributed by atoms with van der Waals surface area (Å²) < 4.78 is 0. The maximum Gasteiger partial charge on any atom is 0.0638 e. The first-order valence-electron chi connectivity index (χ1n) is 5.81. The van der Waals surface area contributed by atoms with Gasteiger partial charge in [-0.1, -0.05) is 20.8 Å². The van der Waals surface area contributed by atoms with Crippen molar-refractivity contribution in [2.45, 2.75) is 52.1 Å². The fourth-order valence-electron chi connectivity index (χ4n) is 1.93. The number of thioether (sulfide) groups is 1. The van der Waals surface area contributed by atoms with Gasteiger partial charge in [-0.2, -0.15) is 17.0 Å². The molecule has 1 rings (SSSR count). The van der Waals surface area contributed by atoms with Crippen molar-refractivity contribution in [1.82, 2.24) is 5.32 Å². The van der Waals surface area contributed by atoms with E-state index in [4.69, 9.17) is 5.26 Å². The van der Waals surface area contributed by atoms with Crippen molar-refractivity contribution in [1.29, 1.82) is 5.26 Å². The number of nitrogens with one attached hydrogen (secondary N) is 1. The Labute approximate surface area is 97.8 Å². The summed E-state index contributed by atoms with van der Waals surface area (Å²) in [5, 5.41) is 12.4. The molecule has 0 saturated carbocycles. The predicted octanol–water partition coefficient (Wildman–Crippen LogP) is 2.80. The first-order chi connectivity index (χ1) is 7.10. The molecule has 86 valence electrons. The molecule has 0 radical (unpaired) electrons. The smallest absolute Gasteiger partial charge is 0.0638 e. The van der Waals surface area contributed by atoms with Gasteiger partial charge in [0.1, 0.15) is 0 Å². The summed E-state index contributed by atoms with van der Waals surface area (Å²) in [4.78, 5) is 0. The maximum absolute atomic E-state index is 8.73. The van der Waals surface area contributed by atoms with E-state index in [0.29, 0.717) is 23.9 Å². The number of nitrogens with zero attached hydrogens (tertiary/aromatic N) is 1. The molecule has 15 heavy (non-hydrogen) atoms. The van der Waals surface area contributed by atoms with E-state index in [-0.39, 0.29) is 0 Å². The van der Waals surface area contributed by atoms with Crippen LogP contribution in [-0.4, -0.2) is 23.6 Å². The standard InChI is InChI=1S/C12H22N2S/c1-4-10(5-7-13)14-11-9-15-8-6-12(11,2)3/h10-11,14H,4-6,8-9H2,1-3H3. The molecule has 0 aromatic heterocycles. The summed E-state index contributed by atoms with van der Waals surface area (Å²) in [6.07, 6.45) is 2.96. The van der Waals surface area contributed by atoms with Crippen LogP contribution in [0.3, 0.4) is 0 Å². The molecule has 0 spiro atoms. The molecule has 1 aliphatic rings. The largest absolute Gasteiger partial charge is 0.309 e. The Bertz CT molecular complexity index is 232. The average molecular weight is 226 g/mol. The second-order valence-electron chi connectivity index (χ2n) is 5.00. The van der Waals surface area contributed by atoms with Gasteiger partial charge in [0.15, 0.2) is 0 Å². The highest BCUT2D eigenvalue weighted by atomic mass is 32.2. The van der Waals surface area contributed by atoms with E-state index in [1.807, 2.05) is 11.8 Å². The molecule has 1 aliphatic heterocycles. The van der Waals surface area contributed by atoms with Crippen molar-refractivity contribution < 1.29 is 0 Å². The van der Waals surface area contributed by atoms with E-state index in [1.165, 1.54) is 17.9 Å². The molecule has 1 N–H and O–H groups in total. The van der Waals surface area contributed by atoms with Gasteiger partial charge in [0.2, 0.25) is 0 Å². The van der Waals surface area contributed by atoms with Crippen LogP contribution < -0.4 is 5.32 Å². The average Bonchev–Trinajstić information content (AvgIpc) is 2.20. The fourth-order valence-corrected chi connectivity index (χ4v) is 3.55. The summed E-state index contributed by atoms with van der Waals surface area (Å²) in [5.41, 5.74) is 0.383. The molecular formula is C12H22N2S. The van der Waals surface area contributed by atoms with Crippen molar-refractivity contribution in [3.8, 4) is 6.07 Å². The van der Waals surface area contributed by atoms with Crippen LogP contribution in [0.5, 0.6) is 0 Å². The lowest BCUT2D eigenvalue weighted by Gasteiger charge is -2.40. The molecule has 2 nitrogen and oxygen atoms in total. The van der Waals surface area contributed by atoms with Crippen LogP contribution in [0, 0.1) is 16.7 Å². The lowest BCUT2D eigenvalue weighted by molar-refractivity contribution is 0.226. The molecule has 0 amide bonds. The summed E-state index contributed by atoms with van der Waals surface area (Å²) in [7, 11) is 0. The van der Waals surface area contributed by atoms with E-state index in [1.54, 1.807) is 0 Å². The second kappa shape index (κ2) is 5.77. The van der Waals surface area contributed by atoms with Gasteiger partial charge in [0, 0.05) is 17.8 Å². The lowest BCUT2D eigenvalue weighted by atomic mass is 9.81. The second-order valence-corrected chi connectivity index (χ2v) is 6.15. The Hall–Kier alpha value is -0.200. The zero-order valence-electron chi connectivity index (χ0n) is 10.0. The molecule has 0 aromatic carbocycles. The molecular weight excluding hydrogens is 204 g/mol. The molecule has 1 saturated heterocycles. The van der Waals surface area contributed by atoms with Crippen LogP contribution in [0.2, 0.25) is 0 Å². The first-order valence-corrected chi connectivity index (χ1v) is 6.96. The molecule has 1 heterocycles. The Morgan fingerprint density at radius 3 is 2.87 bits per heavy atom. The van der Waals surface area contributed by atoms with Gasteiger partial charge < -0.3 is 5.32 Å². The molecule has 0 aliphatic carbocycles. The SMILES string of the molecule is CCC(CC#N)NC1CSCCC1(C)C. The van der Waals surface area contributed by atoms with Gasteiger partial charge in [-0.05, 0) is 24.0 Å². The van der Waals surface area contributed by atoms with E-state index in [2.05, 4.69) is 32.2 Å². The van der Waals surface area contributed by atoms with E-state index >= 15 is 0 Å². The minimum Gasteiger partial charge on any atom is -0.309 e. The zero-order valence-corrected chi connectivity index (χ0v) is 10.9. The number of rotatable bonds is 4. The van der Waals surface area contributed by atoms with Crippen molar-refractivity contribution >= 4 is 11.8 Å². The fraction of sp³-hybridized carbons (Fsp3) is 0.917. The number of hydrogen-bond donors (Lipinski definition) is 1. The first kappa shape index (κ1) is 12.9. The van der Waals surface area contributed by atoms with Crippen LogP contribution in [0.4, 0.5) is 0 Å². The summed E-state index contributed by atoms with van der Waals surface area (Å²) in [5.74, 6) is 2.47. The van der Waals surface area contributed by atoms with Crippen molar-refractivity contribution in [2.24, 2.45) is 5.41 Å². The Balaban J connectivity index is 2.51. The Morgan fingerprint density at radius 1 is 1.60 bits per heavy atom. The minimum absolute atomic E-state index is 0.373. The van der Waals surface area contributed by atoms with Gasteiger partial charge in [0.25, 0.3) is 0 Å². The molecule has 2 unspecified atom stereocenters. The Kier molecular flexibility index (Phi) is 4.95. The van der Waals surface area contributed by atoms with Gasteiger partial charge in [-0.15, -0.1) is 0 Å². The highest BCUT2D eigenvalue weighted by Gasteiger charge is 2.33. The summed E-state index contributed by atoms with van der Waals surface area (Å²) in [6.45, 7) is 6.82. The maximum atomic E-state index is 8.73.